The van der Waals surface area contributed by atoms with E-state index in [0.717, 1.165) is 37.4 Å². The summed E-state index contributed by atoms with van der Waals surface area (Å²) >= 11 is 0. The molecule has 1 spiro atoms. The van der Waals surface area contributed by atoms with Gasteiger partial charge in [-0.05, 0) is 57.1 Å². The SMILES string of the molecule is CCNC(c1ncc(C)cn1)C1CCOC2(CCC2)C1. The third-order valence-electron chi connectivity index (χ3n) is 4.77. The molecule has 2 heterocycles. The Morgan fingerprint density at radius 1 is 1.40 bits per heavy atom. The summed E-state index contributed by atoms with van der Waals surface area (Å²) in [5.74, 6) is 1.53. The topological polar surface area (TPSA) is 47.0 Å². The zero-order valence-electron chi connectivity index (χ0n) is 12.6. The first-order valence-corrected chi connectivity index (χ1v) is 7.88. The predicted molar refractivity (Wildman–Crippen MR) is 78.4 cm³/mol. The molecule has 1 aliphatic carbocycles. The smallest absolute Gasteiger partial charge is 0.145 e. The Kier molecular flexibility index (Phi) is 4.03. The highest BCUT2D eigenvalue weighted by atomic mass is 16.5. The average molecular weight is 275 g/mol. The predicted octanol–water partition coefficient (Wildman–Crippen LogP) is 2.78. The number of ether oxygens (including phenoxy) is 1. The van der Waals surface area contributed by atoms with Crippen LogP contribution in [0.5, 0.6) is 0 Å². The van der Waals surface area contributed by atoms with Crippen LogP contribution in [-0.2, 0) is 4.74 Å². The summed E-state index contributed by atoms with van der Waals surface area (Å²) in [6, 6.07) is 0.266. The average Bonchev–Trinajstić information content (AvgIpc) is 2.44. The third kappa shape index (κ3) is 2.72. The van der Waals surface area contributed by atoms with Crippen LogP contribution in [-0.4, -0.2) is 28.7 Å². The van der Waals surface area contributed by atoms with Crippen LogP contribution in [0.4, 0.5) is 0 Å². The van der Waals surface area contributed by atoms with Gasteiger partial charge in [0.2, 0.25) is 0 Å². The van der Waals surface area contributed by atoms with E-state index in [0.29, 0.717) is 5.92 Å². The van der Waals surface area contributed by atoms with Crippen LogP contribution in [0.15, 0.2) is 12.4 Å². The van der Waals surface area contributed by atoms with Crippen LogP contribution in [0.2, 0.25) is 0 Å². The Morgan fingerprint density at radius 3 is 2.75 bits per heavy atom. The van der Waals surface area contributed by atoms with E-state index >= 15 is 0 Å². The number of aryl methyl sites for hydroxylation is 1. The fraction of sp³-hybridized carbons (Fsp3) is 0.750. The molecular formula is C16H25N3O. The normalized spacial score (nSPS) is 26.2. The summed E-state index contributed by atoms with van der Waals surface area (Å²) in [5, 5.41) is 3.59. The first kappa shape index (κ1) is 14.0. The van der Waals surface area contributed by atoms with E-state index in [2.05, 4.69) is 22.2 Å². The van der Waals surface area contributed by atoms with Crippen molar-refractivity contribution >= 4 is 0 Å². The molecule has 0 amide bonds. The lowest BCUT2D eigenvalue weighted by molar-refractivity contribution is -0.147. The van der Waals surface area contributed by atoms with Crippen LogP contribution in [0.1, 0.15) is 56.5 Å². The molecule has 2 atom stereocenters. The minimum Gasteiger partial charge on any atom is -0.375 e. The molecule has 1 aromatic heterocycles. The van der Waals surface area contributed by atoms with Gasteiger partial charge < -0.3 is 10.1 Å². The van der Waals surface area contributed by atoms with E-state index in [1.54, 1.807) is 0 Å². The molecule has 1 saturated carbocycles. The van der Waals surface area contributed by atoms with Gasteiger partial charge in [0.1, 0.15) is 5.82 Å². The van der Waals surface area contributed by atoms with Crippen molar-refractivity contribution in [1.29, 1.82) is 0 Å². The number of aromatic nitrogens is 2. The second kappa shape index (κ2) is 5.78. The maximum atomic E-state index is 6.05. The van der Waals surface area contributed by atoms with Crippen molar-refractivity contribution in [1.82, 2.24) is 15.3 Å². The Morgan fingerprint density at radius 2 is 2.15 bits per heavy atom. The molecular weight excluding hydrogens is 250 g/mol. The fourth-order valence-electron chi connectivity index (χ4n) is 3.52. The highest BCUT2D eigenvalue weighted by molar-refractivity contribution is 5.07. The van der Waals surface area contributed by atoms with Gasteiger partial charge in [-0.3, -0.25) is 0 Å². The van der Waals surface area contributed by atoms with Crippen LogP contribution in [0.3, 0.4) is 0 Å². The molecule has 4 heteroatoms. The lowest BCUT2D eigenvalue weighted by Crippen LogP contribution is -2.48. The minimum absolute atomic E-state index is 0.182. The summed E-state index contributed by atoms with van der Waals surface area (Å²) in [6.45, 7) is 6.02. The molecule has 2 aliphatic rings. The summed E-state index contributed by atoms with van der Waals surface area (Å²) in [6.07, 6.45) is 9.89. The van der Waals surface area contributed by atoms with E-state index in [-0.39, 0.29) is 11.6 Å². The van der Waals surface area contributed by atoms with E-state index in [1.165, 1.54) is 19.3 Å². The van der Waals surface area contributed by atoms with E-state index in [1.807, 2.05) is 19.3 Å². The number of rotatable bonds is 4. The Bertz CT molecular complexity index is 442. The quantitative estimate of drug-likeness (QED) is 0.918. The van der Waals surface area contributed by atoms with Crippen molar-refractivity contribution in [2.24, 2.45) is 5.92 Å². The van der Waals surface area contributed by atoms with Gasteiger partial charge in [0.05, 0.1) is 11.6 Å². The molecule has 1 N–H and O–H groups in total. The van der Waals surface area contributed by atoms with Gasteiger partial charge in [-0.25, -0.2) is 9.97 Å². The molecule has 1 saturated heterocycles. The molecule has 4 nitrogen and oxygen atoms in total. The number of hydrogen-bond donors (Lipinski definition) is 1. The van der Waals surface area contributed by atoms with Crippen LogP contribution >= 0.6 is 0 Å². The highest BCUT2D eigenvalue weighted by Crippen LogP contribution is 2.46. The fourth-order valence-corrected chi connectivity index (χ4v) is 3.52. The van der Waals surface area contributed by atoms with E-state index < -0.39 is 0 Å². The molecule has 110 valence electrons. The second-order valence-corrected chi connectivity index (χ2v) is 6.29. The highest BCUT2D eigenvalue weighted by Gasteiger charge is 2.44. The van der Waals surface area contributed by atoms with Crippen LogP contribution in [0, 0.1) is 12.8 Å². The minimum atomic E-state index is 0.182. The van der Waals surface area contributed by atoms with Crippen molar-refractivity contribution in [3.63, 3.8) is 0 Å². The zero-order valence-corrected chi connectivity index (χ0v) is 12.6. The molecule has 0 bridgehead atoms. The van der Waals surface area contributed by atoms with Gasteiger partial charge in [0.25, 0.3) is 0 Å². The number of hydrogen-bond acceptors (Lipinski definition) is 4. The van der Waals surface area contributed by atoms with Gasteiger partial charge in [0.15, 0.2) is 0 Å². The van der Waals surface area contributed by atoms with Crippen molar-refractivity contribution in [2.75, 3.05) is 13.2 Å². The van der Waals surface area contributed by atoms with Gasteiger partial charge in [-0.2, -0.15) is 0 Å². The Hall–Kier alpha value is -1.00. The Labute approximate surface area is 121 Å². The van der Waals surface area contributed by atoms with Gasteiger partial charge >= 0.3 is 0 Å². The summed E-state index contributed by atoms with van der Waals surface area (Å²) in [5.41, 5.74) is 1.30. The van der Waals surface area contributed by atoms with Gasteiger partial charge in [-0.1, -0.05) is 6.92 Å². The van der Waals surface area contributed by atoms with Crippen molar-refractivity contribution in [3.05, 3.63) is 23.8 Å². The van der Waals surface area contributed by atoms with Crippen molar-refractivity contribution in [3.8, 4) is 0 Å². The van der Waals surface area contributed by atoms with Gasteiger partial charge in [0, 0.05) is 19.0 Å². The standard InChI is InChI=1S/C16H25N3O/c1-3-17-14(15-18-10-12(2)11-19-15)13-5-8-20-16(9-13)6-4-7-16/h10-11,13-14,17H,3-9H2,1-2H3. The first-order chi connectivity index (χ1) is 9.72. The maximum Gasteiger partial charge on any atom is 0.145 e. The molecule has 0 radical (unpaired) electrons. The van der Waals surface area contributed by atoms with Crippen LogP contribution < -0.4 is 5.32 Å². The number of nitrogens with one attached hydrogen (secondary N) is 1. The second-order valence-electron chi connectivity index (χ2n) is 6.29. The van der Waals surface area contributed by atoms with Gasteiger partial charge in [-0.15, -0.1) is 0 Å². The lowest BCUT2D eigenvalue weighted by Gasteiger charge is -2.48. The first-order valence-electron chi connectivity index (χ1n) is 7.88. The van der Waals surface area contributed by atoms with Crippen LogP contribution in [0.25, 0.3) is 0 Å². The monoisotopic (exact) mass is 275 g/mol. The van der Waals surface area contributed by atoms with Crippen molar-refractivity contribution < 1.29 is 4.74 Å². The zero-order chi connectivity index (χ0) is 14.0. The molecule has 1 aromatic rings. The van der Waals surface area contributed by atoms with Crippen molar-refractivity contribution in [2.45, 2.75) is 57.6 Å². The molecule has 0 aromatic carbocycles. The molecule has 1 aliphatic heterocycles. The summed E-state index contributed by atoms with van der Waals surface area (Å²) < 4.78 is 6.05. The third-order valence-corrected chi connectivity index (χ3v) is 4.77. The summed E-state index contributed by atoms with van der Waals surface area (Å²) in [4.78, 5) is 9.10. The molecule has 2 fully saturated rings. The molecule has 2 unspecified atom stereocenters. The maximum absolute atomic E-state index is 6.05. The largest absolute Gasteiger partial charge is 0.375 e. The molecule has 20 heavy (non-hydrogen) atoms. The lowest BCUT2D eigenvalue weighted by atomic mass is 9.70. The summed E-state index contributed by atoms with van der Waals surface area (Å²) in [7, 11) is 0. The molecule has 3 rings (SSSR count). The van der Waals surface area contributed by atoms with E-state index in [4.69, 9.17) is 4.74 Å². The Balaban J connectivity index is 1.77. The number of nitrogens with zero attached hydrogens (tertiary/aromatic N) is 2. The van der Waals surface area contributed by atoms with E-state index in [9.17, 15) is 0 Å².